The average molecular weight is 444 g/mol. The number of rotatable bonds is 5. The van der Waals surface area contributed by atoms with Crippen LogP contribution in [0, 0.1) is 0 Å². The molecule has 0 spiro atoms. The van der Waals surface area contributed by atoms with Crippen molar-refractivity contribution in [2.24, 2.45) is 0 Å². The molecule has 2 aromatic carbocycles. The number of nitrogens with zero attached hydrogens (tertiary/aromatic N) is 4. The van der Waals surface area contributed by atoms with Crippen molar-refractivity contribution >= 4 is 22.6 Å². The molecule has 1 fully saturated rings. The van der Waals surface area contributed by atoms with Gasteiger partial charge in [0.2, 0.25) is 5.78 Å². The molecule has 0 unspecified atom stereocenters. The number of carbonyl (C=O) groups is 1. The Morgan fingerprint density at radius 2 is 1.82 bits per heavy atom. The number of nitrogens with one attached hydrogen (secondary N) is 1. The molecule has 2 aliphatic rings. The highest BCUT2D eigenvalue weighted by molar-refractivity contribution is 5.95. The standard InChI is InChI=1S/C28H21N5O/c34-26(32-23-7-8-23)20-4-1-3-18(13-20)21-15-30-27-31-16-25(33(27)17-21)28(10-11-28)22-6-9-24-19(14-22)5-2-12-29-24/h1-6,9-17,23H,7-8H2,(H,32,34). The first-order chi connectivity index (χ1) is 16.7. The molecule has 1 amide bonds. The van der Waals surface area contributed by atoms with Crippen LogP contribution >= 0.6 is 0 Å². The molecule has 3 aromatic heterocycles. The number of carbonyl (C=O) groups excluding carboxylic acids is 1. The molecule has 6 nitrogen and oxygen atoms in total. The summed E-state index contributed by atoms with van der Waals surface area (Å²) < 4.78 is 2.06. The highest BCUT2D eigenvalue weighted by Gasteiger charge is 2.41. The van der Waals surface area contributed by atoms with Crippen LogP contribution in [-0.2, 0) is 5.41 Å². The maximum Gasteiger partial charge on any atom is 0.251 e. The number of imidazole rings is 1. The van der Waals surface area contributed by atoms with Crippen LogP contribution in [-0.4, -0.2) is 31.3 Å². The predicted octanol–water partition coefficient (Wildman–Crippen LogP) is 4.69. The summed E-state index contributed by atoms with van der Waals surface area (Å²) in [6, 6.07) is 18.5. The van der Waals surface area contributed by atoms with E-state index in [1.54, 1.807) is 0 Å². The number of fused-ring (bicyclic) bond motifs is 2. The first-order valence-corrected chi connectivity index (χ1v) is 11.5. The van der Waals surface area contributed by atoms with Crippen molar-refractivity contribution in [3.8, 4) is 11.1 Å². The fourth-order valence-electron chi connectivity index (χ4n) is 4.59. The Hall–Kier alpha value is -4.32. The summed E-state index contributed by atoms with van der Waals surface area (Å²) in [7, 11) is 0. The molecular formula is C28H21N5O. The van der Waals surface area contributed by atoms with Gasteiger partial charge in [-0.2, -0.15) is 0 Å². The van der Waals surface area contributed by atoms with Crippen LogP contribution in [0.15, 0.2) is 91.5 Å². The van der Waals surface area contributed by atoms with Gasteiger partial charge in [0.25, 0.3) is 5.91 Å². The van der Waals surface area contributed by atoms with E-state index >= 15 is 0 Å². The topological polar surface area (TPSA) is 72.2 Å². The van der Waals surface area contributed by atoms with E-state index in [9.17, 15) is 4.79 Å². The molecule has 3 heterocycles. The minimum Gasteiger partial charge on any atom is -0.349 e. The normalized spacial score (nSPS) is 16.1. The van der Waals surface area contributed by atoms with Gasteiger partial charge < -0.3 is 5.32 Å². The lowest BCUT2D eigenvalue weighted by Gasteiger charge is -2.17. The minimum absolute atomic E-state index is 0.0198. The first kappa shape index (κ1) is 19.2. The Morgan fingerprint density at radius 1 is 0.941 bits per heavy atom. The Bertz CT molecular complexity index is 1620. The van der Waals surface area contributed by atoms with Crippen molar-refractivity contribution in [2.75, 3.05) is 0 Å². The van der Waals surface area contributed by atoms with Crippen molar-refractivity contribution in [3.05, 3.63) is 108 Å². The summed E-state index contributed by atoms with van der Waals surface area (Å²) in [6.45, 7) is 0. The molecule has 0 bridgehead atoms. The van der Waals surface area contributed by atoms with E-state index in [2.05, 4.69) is 67.3 Å². The van der Waals surface area contributed by atoms with E-state index in [0.717, 1.165) is 40.6 Å². The van der Waals surface area contributed by atoms with Crippen molar-refractivity contribution < 1.29 is 4.79 Å². The average Bonchev–Trinajstić information content (AvgIpc) is 3.82. The minimum atomic E-state index is -0.310. The molecule has 5 aromatic rings. The second-order valence-electron chi connectivity index (χ2n) is 9.10. The Morgan fingerprint density at radius 3 is 2.68 bits per heavy atom. The number of pyridine rings is 1. The summed E-state index contributed by atoms with van der Waals surface area (Å²) in [4.78, 5) is 26.2. The van der Waals surface area contributed by atoms with E-state index in [0.29, 0.717) is 17.4 Å². The Kier molecular flexibility index (Phi) is 4.00. The molecule has 6 heteroatoms. The van der Waals surface area contributed by atoms with Crippen molar-refractivity contribution in [1.29, 1.82) is 0 Å². The summed E-state index contributed by atoms with van der Waals surface area (Å²) in [5.74, 6) is 0.630. The first-order valence-electron chi connectivity index (χ1n) is 11.5. The molecule has 0 saturated heterocycles. The number of hydrogen-bond donors (Lipinski definition) is 1. The summed E-state index contributed by atoms with van der Waals surface area (Å²) in [5.41, 5.74) is 5.45. The van der Waals surface area contributed by atoms with Crippen LogP contribution in [0.1, 0.15) is 34.5 Å². The van der Waals surface area contributed by atoms with E-state index in [4.69, 9.17) is 0 Å². The fourth-order valence-corrected chi connectivity index (χ4v) is 4.59. The van der Waals surface area contributed by atoms with Crippen LogP contribution in [0.2, 0.25) is 0 Å². The van der Waals surface area contributed by atoms with E-state index in [-0.39, 0.29) is 11.3 Å². The predicted molar refractivity (Wildman–Crippen MR) is 131 cm³/mol. The zero-order valence-corrected chi connectivity index (χ0v) is 18.3. The smallest absolute Gasteiger partial charge is 0.251 e. The summed E-state index contributed by atoms with van der Waals surface area (Å²) >= 11 is 0. The summed E-state index contributed by atoms with van der Waals surface area (Å²) in [5, 5.41) is 4.17. The summed E-state index contributed by atoms with van der Waals surface area (Å²) in [6.07, 6.45) is 14.1. The second-order valence-corrected chi connectivity index (χ2v) is 9.10. The molecule has 7 rings (SSSR count). The van der Waals surface area contributed by atoms with Gasteiger partial charge in [-0.05, 0) is 54.3 Å². The Labute approximate surface area is 196 Å². The van der Waals surface area contributed by atoms with Crippen LogP contribution in [0.5, 0.6) is 0 Å². The highest BCUT2D eigenvalue weighted by atomic mass is 16.1. The van der Waals surface area contributed by atoms with Crippen LogP contribution in [0.3, 0.4) is 0 Å². The molecule has 34 heavy (non-hydrogen) atoms. The molecule has 0 aliphatic heterocycles. The Balaban J connectivity index is 1.29. The van der Waals surface area contributed by atoms with Gasteiger partial charge in [-0.25, -0.2) is 9.97 Å². The van der Waals surface area contributed by atoms with E-state index in [1.807, 2.05) is 48.9 Å². The van der Waals surface area contributed by atoms with Crippen molar-refractivity contribution in [1.82, 2.24) is 24.7 Å². The number of allylic oxidation sites excluding steroid dienone is 2. The van der Waals surface area contributed by atoms with E-state index < -0.39 is 0 Å². The number of amides is 1. The van der Waals surface area contributed by atoms with Gasteiger partial charge in [0, 0.05) is 41.1 Å². The maximum atomic E-state index is 12.5. The third kappa shape index (κ3) is 3.10. The van der Waals surface area contributed by atoms with Crippen LogP contribution < -0.4 is 5.32 Å². The fraction of sp³-hybridized carbons (Fsp3) is 0.143. The van der Waals surface area contributed by atoms with Gasteiger partial charge in [0.15, 0.2) is 0 Å². The van der Waals surface area contributed by atoms with Crippen molar-refractivity contribution in [2.45, 2.75) is 24.3 Å². The molecule has 164 valence electrons. The quantitative estimate of drug-likeness (QED) is 0.400. The molecule has 0 atom stereocenters. The van der Waals surface area contributed by atoms with Gasteiger partial charge in [-0.3, -0.25) is 14.2 Å². The highest BCUT2D eigenvalue weighted by Crippen LogP contribution is 2.45. The third-order valence-corrected chi connectivity index (χ3v) is 6.74. The van der Waals surface area contributed by atoms with Crippen LogP contribution in [0.4, 0.5) is 0 Å². The lowest BCUT2D eigenvalue weighted by molar-refractivity contribution is 0.0951. The molecule has 0 radical (unpaired) electrons. The molecule has 2 aliphatic carbocycles. The third-order valence-electron chi connectivity index (χ3n) is 6.74. The van der Waals surface area contributed by atoms with Gasteiger partial charge in [0.1, 0.15) is 0 Å². The lowest BCUT2D eigenvalue weighted by Crippen LogP contribution is -2.25. The van der Waals surface area contributed by atoms with Gasteiger partial charge >= 0.3 is 0 Å². The second kappa shape index (κ2) is 7.09. The van der Waals surface area contributed by atoms with Crippen molar-refractivity contribution in [3.63, 3.8) is 0 Å². The zero-order chi connectivity index (χ0) is 22.7. The number of benzene rings is 2. The lowest BCUT2D eigenvalue weighted by atomic mass is 9.89. The maximum absolute atomic E-state index is 12.5. The molecule has 1 N–H and O–H groups in total. The van der Waals surface area contributed by atoms with Gasteiger partial charge in [-0.15, -0.1) is 0 Å². The van der Waals surface area contributed by atoms with E-state index in [1.165, 1.54) is 5.56 Å². The molecular weight excluding hydrogens is 422 g/mol. The SMILES string of the molecule is O=C(NC1CC1)c1cccc(-c2cnc3ncc(C4(c5ccc6ncccc6c5)C=C4)n3c2)c1. The monoisotopic (exact) mass is 443 g/mol. The van der Waals surface area contributed by atoms with Gasteiger partial charge in [0.05, 0.1) is 22.8 Å². The number of hydrogen-bond acceptors (Lipinski definition) is 4. The number of aromatic nitrogens is 4. The largest absolute Gasteiger partial charge is 0.349 e. The zero-order valence-electron chi connectivity index (χ0n) is 18.3. The van der Waals surface area contributed by atoms with Crippen LogP contribution in [0.25, 0.3) is 27.8 Å². The van der Waals surface area contributed by atoms with Gasteiger partial charge in [-0.1, -0.05) is 36.4 Å². The molecule has 1 saturated carbocycles.